The number of benzene rings is 1. The van der Waals surface area contributed by atoms with E-state index in [4.69, 9.17) is 4.74 Å². The van der Waals surface area contributed by atoms with Crippen molar-refractivity contribution in [2.45, 2.75) is 26.3 Å². The number of aliphatic imine (C=N–C) groups is 1. The molecule has 0 aliphatic carbocycles. The molecule has 1 heterocycles. The van der Waals surface area contributed by atoms with Gasteiger partial charge in [-0.15, -0.1) is 24.0 Å². The highest BCUT2D eigenvalue weighted by molar-refractivity contribution is 14.0. The van der Waals surface area contributed by atoms with Gasteiger partial charge in [-0.25, -0.2) is 0 Å². The van der Waals surface area contributed by atoms with Crippen molar-refractivity contribution >= 4 is 41.6 Å². The average molecular weight is 460 g/mol. The van der Waals surface area contributed by atoms with E-state index in [0.29, 0.717) is 12.6 Å². The number of hydrogen-bond acceptors (Lipinski definition) is 4. The quantitative estimate of drug-likeness (QED) is 0.305. The minimum Gasteiger partial charge on any atom is -0.469 e. The topological polar surface area (TPSA) is 66.0 Å². The summed E-state index contributed by atoms with van der Waals surface area (Å²) in [5.41, 5.74) is 2.53. The average Bonchev–Trinajstić information content (AvgIpc) is 3.06. The van der Waals surface area contributed by atoms with Gasteiger partial charge in [-0.3, -0.25) is 9.79 Å². The zero-order valence-corrected chi connectivity index (χ0v) is 17.7. The van der Waals surface area contributed by atoms with Gasteiger partial charge in [-0.05, 0) is 25.5 Å². The fourth-order valence-electron chi connectivity index (χ4n) is 2.79. The van der Waals surface area contributed by atoms with Crippen molar-refractivity contribution in [3.8, 4) is 0 Å². The number of hydrogen-bond donors (Lipinski definition) is 2. The molecule has 0 amide bonds. The molecule has 2 rings (SSSR count). The first-order valence-corrected chi connectivity index (χ1v) is 8.40. The van der Waals surface area contributed by atoms with Crippen LogP contribution in [0, 0.1) is 12.8 Å². The maximum absolute atomic E-state index is 11.5. The van der Waals surface area contributed by atoms with E-state index in [1.165, 1.54) is 18.4 Å². The maximum atomic E-state index is 11.5. The number of methoxy groups -OCH3 is 1. The fourth-order valence-corrected chi connectivity index (χ4v) is 2.79. The normalized spacial score (nSPS) is 18.3. The van der Waals surface area contributed by atoms with Gasteiger partial charge in [0.25, 0.3) is 0 Å². The molecule has 0 radical (unpaired) electrons. The van der Waals surface area contributed by atoms with E-state index in [0.717, 1.165) is 25.5 Å². The Morgan fingerprint density at radius 2 is 2.08 bits per heavy atom. The molecular formula is C18H29IN4O2. The van der Waals surface area contributed by atoms with Crippen molar-refractivity contribution in [2.75, 3.05) is 38.7 Å². The van der Waals surface area contributed by atoms with Crippen molar-refractivity contribution < 1.29 is 9.53 Å². The molecule has 0 aromatic heterocycles. The molecule has 0 saturated carbocycles. The lowest BCUT2D eigenvalue weighted by atomic mass is 10.2. The van der Waals surface area contributed by atoms with Crippen LogP contribution in [0.2, 0.25) is 0 Å². The third kappa shape index (κ3) is 6.37. The molecular weight excluding hydrogens is 431 g/mol. The van der Waals surface area contributed by atoms with E-state index < -0.39 is 0 Å². The van der Waals surface area contributed by atoms with Gasteiger partial charge in [-0.1, -0.05) is 24.6 Å². The van der Waals surface area contributed by atoms with E-state index >= 15 is 0 Å². The van der Waals surface area contributed by atoms with Gasteiger partial charge in [0.1, 0.15) is 0 Å². The Labute approximate surface area is 167 Å². The number of anilines is 1. The van der Waals surface area contributed by atoms with Crippen LogP contribution >= 0.6 is 24.0 Å². The van der Waals surface area contributed by atoms with Gasteiger partial charge in [0.2, 0.25) is 0 Å². The second-order valence-corrected chi connectivity index (χ2v) is 6.29. The van der Waals surface area contributed by atoms with Crippen molar-refractivity contribution in [1.29, 1.82) is 0 Å². The lowest BCUT2D eigenvalue weighted by molar-refractivity contribution is -0.144. The Bertz CT molecular complexity index is 577. The van der Waals surface area contributed by atoms with Crippen molar-refractivity contribution in [3.05, 3.63) is 29.8 Å². The molecule has 2 atom stereocenters. The van der Waals surface area contributed by atoms with Crippen LogP contribution in [0.1, 0.15) is 18.9 Å². The molecule has 1 aromatic rings. The smallest absolute Gasteiger partial charge is 0.310 e. The molecule has 6 nitrogen and oxygen atoms in total. The van der Waals surface area contributed by atoms with Gasteiger partial charge < -0.3 is 20.3 Å². The minimum absolute atomic E-state index is 0. The molecule has 1 aliphatic rings. The largest absolute Gasteiger partial charge is 0.469 e. The second kappa shape index (κ2) is 10.5. The molecule has 1 saturated heterocycles. The molecule has 2 N–H and O–H groups in total. The zero-order valence-electron chi connectivity index (χ0n) is 15.4. The molecule has 140 valence electrons. The predicted molar refractivity (Wildman–Crippen MR) is 113 cm³/mol. The van der Waals surface area contributed by atoms with Crippen molar-refractivity contribution in [1.82, 2.24) is 10.6 Å². The number of nitrogens with one attached hydrogen (secondary N) is 2. The number of nitrogens with zero attached hydrogens (tertiary/aromatic N) is 2. The highest BCUT2D eigenvalue weighted by Gasteiger charge is 2.23. The highest BCUT2D eigenvalue weighted by atomic mass is 127. The summed E-state index contributed by atoms with van der Waals surface area (Å²) in [5.74, 6) is 0.298. The fraction of sp³-hybridized carbons (Fsp3) is 0.556. The van der Waals surface area contributed by atoms with E-state index in [2.05, 4.69) is 51.7 Å². The van der Waals surface area contributed by atoms with Gasteiger partial charge in [0.05, 0.1) is 13.0 Å². The molecule has 1 aromatic carbocycles. The van der Waals surface area contributed by atoms with Crippen LogP contribution < -0.4 is 15.5 Å². The van der Waals surface area contributed by atoms with Crippen LogP contribution in [-0.4, -0.2) is 51.8 Å². The van der Waals surface area contributed by atoms with E-state index in [1.807, 2.05) is 6.92 Å². The van der Waals surface area contributed by atoms with E-state index in [1.54, 1.807) is 7.05 Å². The van der Waals surface area contributed by atoms with Crippen LogP contribution in [0.3, 0.4) is 0 Å². The number of ether oxygens (including phenoxy) is 1. The molecule has 0 bridgehead atoms. The second-order valence-electron chi connectivity index (χ2n) is 6.29. The molecule has 2 unspecified atom stereocenters. The molecule has 25 heavy (non-hydrogen) atoms. The van der Waals surface area contributed by atoms with Crippen LogP contribution in [0.4, 0.5) is 5.69 Å². The van der Waals surface area contributed by atoms with Gasteiger partial charge in [0, 0.05) is 38.4 Å². The predicted octanol–water partition coefficient (Wildman–Crippen LogP) is 2.17. The van der Waals surface area contributed by atoms with Gasteiger partial charge >= 0.3 is 5.97 Å². The summed E-state index contributed by atoms with van der Waals surface area (Å²) in [6.07, 6.45) is 1.06. The summed E-state index contributed by atoms with van der Waals surface area (Å²) >= 11 is 0. The van der Waals surface area contributed by atoms with E-state index in [9.17, 15) is 4.79 Å². The Morgan fingerprint density at radius 3 is 2.68 bits per heavy atom. The molecule has 7 heteroatoms. The number of guanidine groups is 1. The number of rotatable bonds is 5. The number of aryl methyl sites for hydroxylation is 1. The Balaban J connectivity index is 0.00000312. The number of halogens is 1. The lowest BCUT2D eigenvalue weighted by Gasteiger charge is -2.21. The first-order valence-electron chi connectivity index (χ1n) is 8.40. The van der Waals surface area contributed by atoms with Crippen molar-refractivity contribution in [2.24, 2.45) is 10.9 Å². The SMILES string of the molecule is CN=C(NCC(C)C(=O)OC)NC1CCN(c2ccc(C)cc2)C1.I. The summed E-state index contributed by atoms with van der Waals surface area (Å²) in [6.45, 7) is 6.40. The number of carbonyl (C=O) groups is 1. The molecule has 0 spiro atoms. The highest BCUT2D eigenvalue weighted by Crippen LogP contribution is 2.20. The first kappa shape index (κ1) is 21.5. The number of esters is 1. The summed E-state index contributed by atoms with van der Waals surface area (Å²) in [6, 6.07) is 8.97. The molecule has 1 aliphatic heterocycles. The summed E-state index contributed by atoms with van der Waals surface area (Å²) in [5, 5.41) is 6.63. The molecule has 1 fully saturated rings. The Morgan fingerprint density at radius 1 is 1.40 bits per heavy atom. The third-order valence-electron chi connectivity index (χ3n) is 4.33. The summed E-state index contributed by atoms with van der Waals surface area (Å²) in [4.78, 5) is 18.1. The monoisotopic (exact) mass is 460 g/mol. The first-order chi connectivity index (χ1) is 11.5. The number of carbonyl (C=O) groups excluding carboxylic acids is 1. The van der Waals surface area contributed by atoms with Gasteiger partial charge in [0.15, 0.2) is 5.96 Å². The lowest BCUT2D eigenvalue weighted by Crippen LogP contribution is -2.46. The van der Waals surface area contributed by atoms with Crippen LogP contribution in [0.5, 0.6) is 0 Å². The van der Waals surface area contributed by atoms with Crippen LogP contribution in [0.25, 0.3) is 0 Å². The maximum Gasteiger partial charge on any atom is 0.310 e. The van der Waals surface area contributed by atoms with Crippen LogP contribution in [0.15, 0.2) is 29.3 Å². The summed E-state index contributed by atoms with van der Waals surface area (Å²) < 4.78 is 4.74. The zero-order chi connectivity index (χ0) is 17.5. The van der Waals surface area contributed by atoms with E-state index in [-0.39, 0.29) is 35.9 Å². The standard InChI is InChI=1S/C18H28N4O2.HI/c1-13-5-7-16(8-6-13)22-10-9-15(12-22)21-18(19-3)20-11-14(2)17(23)24-4;/h5-8,14-15H,9-12H2,1-4H3,(H2,19,20,21);1H. The Kier molecular flexibility index (Phi) is 9.02. The van der Waals surface area contributed by atoms with Crippen molar-refractivity contribution in [3.63, 3.8) is 0 Å². The Hall–Kier alpha value is -1.51. The van der Waals surface area contributed by atoms with Crippen LogP contribution in [-0.2, 0) is 9.53 Å². The third-order valence-corrected chi connectivity index (χ3v) is 4.33. The van der Waals surface area contributed by atoms with Gasteiger partial charge in [-0.2, -0.15) is 0 Å². The summed E-state index contributed by atoms with van der Waals surface area (Å²) in [7, 11) is 3.15. The minimum atomic E-state index is -0.218.